The summed E-state index contributed by atoms with van der Waals surface area (Å²) in [5.41, 5.74) is 6.84. The molecule has 0 unspecified atom stereocenters. The van der Waals surface area contributed by atoms with Gasteiger partial charge in [0.2, 0.25) is 0 Å². The molecule has 0 aromatic heterocycles. The van der Waals surface area contributed by atoms with Crippen molar-refractivity contribution in [3.63, 3.8) is 0 Å². The van der Waals surface area contributed by atoms with Crippen LogP contribution in [0.1, 0.15) is 12.5 Å². The molecule has 2 aromatic rings. The molecule has 0 aliphatic rings. The summed E-state index contributed by atoms with van der Waals surface area (Å²) in [6, 6.07) is 12.6. The van der Waals surface area contributed by atoms with E-state index in [9.17, 15) is 0 Å². The molecule has 2 heteroatoms. The van der Waals surface area contributed by atoms with Gasteiger partial charge in [-0.15, -0.1) is 0 Å². The van der Waals surface area contributed by atoms with Crippen LogP contribution in [0.3, 0.4) is 0 Å². The highest BCUT2D eigenvalue weighted by Crippen LogP contribution is 2.22. The summed E-state index contributed by atoms with van der Waals surface area (Å²) >= 11 is 0. The van der Waals surface area contributed by atoms with Crippen LogP contribution in [0.4, 0.5) is 0 Å². The minimum absolute atomic E-state index is 0.697. The highest BCUT2D eigenvalue weighted by atomic mass is 16.5. The highest BCUT2D eigenvalue weighted by molar-refractivity contribution is 5.84. The molecule has 0 aliphatic heterocycles. The van der Waals surface area contributed by atoms with Crippen LogP contribution in [-0.2, 0) is 6.42 Å². The van der Waals surface area contributed by atoms with Crippen LogP contribution in [0.2, 0.25) is 0 Å². The number of hydrogen-bond donors (Lipinski definition) is 1. The Morgan fingerprint density at radius 3 is 2.56 bits per heavy atom. The van der Waals surface area contributed by atoms with E-state index in [1.807, 2.05) is 13.0 Å². The Morgan fingerprint density at radius 1 is 1.06 bits per heavy atom. The van der Waals surface area contributed by atoms with Gasteiger partial charge in [0, 0.05) is 0 Å². The van der Waals surface area contributed by atoms with Crippen molar-refractivity contribution in [2.24, 2.45) is 5.73 Å². The van der Waals surface area contributed by atoms with Gasteiger partial charge in [0.05, 0.1) is 6.61 Å². The SMILES string of the molecule is CCOc1ccc2cc(CCN)ccc2c1. The standard InChI is InChI=1S/C14H17NO/c1-2-16-14-6-5-12-9-11(7-8-15)3-4-13(12)10-14/h3-6,9-10H,2,7-8,15H2,1H3. The minimum Gasteiger partial charge on any atom is -0.494 e. The fourth-order valence-electron chi connectivity index (χ4n) is 1.85. The molecule has 0 atom stereocenters. The second-order valence-electron chi connectivity index (χ2n) is 3.81. The van der Waals surface area contributed by atoms with Crippen molar-refractivity contribution in [3.8, 4) is 5.75 Å². The summed E-state index contributed by atoms with van der Waals surface area (Å²) in [5, 5.41) is 2.46. The van der Waals surface area contributed by atoms with Crippen molar-refractivity contribution in [2.45, 2.75) is 13.3 Å². The smallest absolute Gasteiger partial charge is 0.119 e. The third kappa shape index (κ3) is 2.34. The lowest BCUT2D eigenvalue weighted by atomic mass is 10.0. The first-order valence-electron chi connectivity index (χ1n) is 5.69. The van der Waals surface area contributed by atoms with Gasteiger partial charge in [0.15, 0.2) is 0 Å². The molecule has 0 spiro atoms. The van der Waals surface area contributed by atoms with Gasteiger partial charge in [-0.05, 0) is 48.4 Å². The van der Waals surface area contributed by atoms with E-state index >= 15 is 0 Å². The van der Waals surface area contributed by atoms with Crippen molar-refractivity contribution in [1.82, 2.24) is 0 Å². The quantitative estimate of drug-likeness (QED) is 0.851. The summed E-state index contributed by atoms with van der Waals surface area (Å²) in [7, 11) is 0. The zero-order chi connectivity index (χ0) is 11.4. The van der Waals surface area contributed by atoms with E-state index in [1.54, 1.807) is 0 Å². The monoisotopic (exact) mass is 215 g/mol. The van der Waals surface area contributed by atoms with Gasteiger partial charge in [-0.25, -0.2) is 0 Å². The second kappa shape index (κ2) is 4.99. The van der Waals surface area contributed by atoms with Crippen LogP contribution in [0.5, 0.6) is 5.75 Å². The maximum Gasteiger partial charge on any atom is 0.119 e. The van der Waals surface area contributed by atoms with Crippen LogP contribution < -0.4 is 10.5 Å². The Balaban J connectivity index is 2.36. The van der Waals surface area contributed by atoms with Crippen molar-refractivity contribution in [2.75, 3.05) is 13.2 Å². The zero-order valence-corrected chi connectivity index (χ0v) is 9.57. The summed E-state index contributed by atoms with van der Waals surface area (Å²) in [6.07, 6.45) is 0.934. The lowest BCUT2D eigenvalue weighted by Crippen LogP contribution is -2.02. The Labute approximate surface area is 96.0 Å². The predicted octanol–water partition coefficient (Wildman–Crippen LogP) is 2.74. The molecule has 0 saturated heterocycles. The van der Waals surface area contributed by atoms with Crippen molar-refractivity contribution >= 4 is 10.8 Å². The predicted molar refractivity (Wildman–Crippen MR) is 67.9 cm³/mol. The Kier molecular flexibility index (Phi) is 3.42. The van der Waals surface area contributed by atoms with E-state index in [-0.39, 0.29) is 0 Å². The molecular formula is C14H17NO. The molecule has 2 nitrogen and oxygen atoms in total. The molecule has 0 bridgehead atoms. The molecule has 2 aromatic carbocycles. The average Bonchev–Trinajstić information content (AvgIpc) is 2.30. The summed E-state index contributed by atoms with van der Waals surface area (Å²) in [5.74, 6) is 0.932. The molecule has 16 heavy (non-hydrogen) atoms. The molecule has 84 valence electrons. The van der Waals surface area contributed by atoms with E-state index in [0.29, 0.717) is 13.2 Å². The number of rotatable bonds is 4. The number of fused-ring (bicyclic) bond motifs is 1. The third-order valence-electron chi connectivity index (χ3n) is 2.62. The Hall–Kier alpha value is -1.54. The maximum atomic E-state index is 5.55. The van der Waals surface area contributed by atoms with Gasteiger partial charge < -0.3 is 10.5 Å². The minimum atomic E-state index is 0.697. The molecule has 0 saturated carbocycles. The van der Waals surface area contributed by atoms with Crippen molar-refractivity contribution in [3.05, 3.63) is 42.0 Å². The van der Waals surface area contributed by atoms with E-state index in [4.69, 9.17) is 10.5 Å². The van der Waals surface area contributed by atoms with Gasteiger partial charge in [0.25, 0.3) is 0 Å². The van der Waals surface area contributed by atoms with Crippen molar-refractivity contribution in [1.29, 1.82) is 0 Å². The van der Waals surface area contributed by atoms with Gasteiger partial charge in [-0.3, -0.25) is 0 Å². The average molecular weight is 215 g/mol. The van der Waals surface area contributed by atoms with Crippen molar-refractivity contribution < 1.29 is 4.74 Å². The Morgan fingerprint density at radius 2 is 1.81 bits per heavy atom. The van der Waals surface area contributed by atoms with Crippen LogP contribution in [0.15, 0.2) is 36.4 Å². The fraction of sp³-hybridized carbons (Fsp3) is 0.286. The maximum absolute atomic E-state index is 5.55. The first kappa shape index (κ1) is 11.0. The number of ether oxygens (including phenoxy) is 1. The molecule has 0 heterocycles. The lowest BCUT2D eigenvalue weighted by molar-refractivity contribution is 0.341. The zero-order valence-electron chi connectivity index (χ0n) is 9.57. The van der Waals surface area contributed by atoms with Gasteiger partial charge in [0.1, 0.15) is 5.75 Å². The third-order valence-corrected chi connectivity index (χ3v) is 2.62. The van der Waals surface area contributed by atoms with Gasteiger partial charge in [-0.1, -0.05) is 24.3 Å². The summed E-state index contributed by atoms with van der Waals surface area (Å²) < 4.78 is 5.47. The van der Waals surface area contributed by atoms with Gasteiger partial charge >= 0.3 is 0 Å². The second-order valence-corrected chi connectivity index (χ2v) is 3.81. The Bertz CT molecular complexity index is 434. The van der Waals surface area contributed by atoms with E-state index in [2.05, 4.69) is 30.3 Å². The first-order valence-corrected chi connectivity index (χ1v) is 5.69. The van der Waals surface area contributed by atoms with E-state index < -0.39 is 0 Å². The first-order chi connectivity index (χ1) is 7.83. The molecule has 0 fully saturated rings. The summed E-state index contributed by atoms with van der Waals surface area (Å²) in [6.45, 7) is 3.40. The molecule has 0 amide bonds. The number of nitrogens with two attached hydrogens (primary N) is 1. The van der Waals surface area contributed by atoms with Crippen LogP contribution in [0.25, 0.3) is 10.8 Å². The number of benzene rings is 2. The van der Waals surface area contributed by atoms with E-state index in [0.717, 1.165) is 12.2 Å². The summed E-state index contributed by atoms with van der Waals surface area (Å²) in [4.78, 5) is 0. The molecule has 0 radical (unpaired) electrons. The highest BCUT2D eigenvalue weighted by Gasteiger charge is 1.98. The normalized spacial score (nSPS) is 10.6. The fourth-order valence-corrected chi connectivity index (χ4v) is 1.85. The largest absolute Gasteiger partial charge is 0.494 e. The van der Waals surface area contributed by atoms with E-state index in [1.165, 1.54) is 16.3 Å². The molecule has 0 aliphatic carbocycles. The topological polar surface area (TPSA) is 35.2 Å². The van der Waals surface area contributed by atoms with Gasteiger partial charge in [-0.2, -0.15) is 0 Å². The van der Waals surface area contributed by atoms with Crippen LogP contribution in [0, 0.1) is 0 Å². The number of hydrogen-bond acceptors (Lipinski definition) is 2. The molecule has 2 rings (SSSR count). The molecular weight excluding hydrogens is 198 g/mol. The van der Waals surface area contributed by atoms with Crippen LogP contribution in [-0.4, -0.2) is 13.2 Å². The molecule has 2 N–H and O–H groups in total. The van der Waals surface area contributed by atoms with Crippen LogP contribution >= 0.6 is 0 Å². The lowest BCUT2D eigenvalue weighted by Gasteiger charge is -2.06.